The van der Waals surface area contributed by atoms with Gasteiger partial charge in [0.2, 0.25) is 10.0 Å². The highest BCUT2D eigenvalue weighted by atomic mass is 32.2. The third-order valence-corrected chi connectivity index (χ3v) is 4.79. The van der Waals surface area contributed by atoms with E-state index in [4.69, 9.17) is 0 Å². The molecule has 130 valence electrons. The zero-order valence-corrected chi connectivity index (χ0v) is 13.5. The quantitative estimate of drug-likeness (QED) is 0.862. The molecule has 2 N–H and O–H groups in total. The Kier molecular flexibility index (Phi) is 5.32. The fourth-order valence-electron chi connectivity index (χ4n) is 2.09. The average Bonchev–Trinajstić information content (AvgIpc) is 2.52. The molecule has 4 nitrogen and oxygen atoms in total. The Labute approximate surface area is 138 Å². The molecular formula is C16H16F3NO3S. The summed E-state index contributed by atoms with van der Waals surface area (Å²) in [6, 6.07) is 10.3. The summed E-state index contributed by atoms with van der Waals surface area (Å²) in [7, 11) is -3.86. The Hall–Kier alpha value is -1.90. The number of alkyl halides is 3. The predicted octanol–water partition coefficient (Wildman–Crippen LogP) is 3.03. The average molecular weight is 359 g/mol. The minimum absolute atomic E-state index is 0.0169. The smallest absolute Gasteiger partial charge is 0.387 e. The van der Waals surface area contributed by atoms with Crippen molar-refractivity contribution in [3.63, 3.8) is 0 Å². The Morgan fingerprint density at radius 1 is 1.12 bits per heavy atom. The summed E-state index contributed by atoms with van der Waals surface area (Å²) in [5.74, 6) is 0. The van der Waals surface area contributed by atoms with Gasteiger partial charge in [-0.3, -0.25) is 0 Å². The van der Waals surface area contributed by atoms with Gasteiger partial charge in [-0.1, -0.05) is 24.3 Å². The first-order chi connectivity index (χ1) is 11.1. The van der Waals surface area contributed by atoms with E-state index in [1.54, 1.807) is 19.1 Å². The molecular weight excluding hydrogens is 343 g/mol. The largest absolute Gasteiger partial charge is 0.416 e. The van der Waals surface area contributed by atoms with Gasteiger partial charge in [-0.15, -0.1) is 0 Å². The van der Waals surface area contributed by atoms with Gasteiger partial charge < -0.3 is 5.11 Å². The summed E-state index contributed by atoms with van der Waals surface area (Å²) < 4.78 is 64.5. The van der Waals surface area contributed by atoms with E-state index in [1.165, 1.54) is 18.2 Å². The van der Waals surface area contributed by atoms with Crippen molar-refractivity contribution in [1.29, 1.82) is 0 Å². The lowest BCUT2D eigenvalue weighted by Crippen LogP contribution is -2.28. The standard InChI is InChI=1S/C16H16F3NO3S/c1-11-4-2-7-14(8-11)24(22,23)20-10-15(21)12-5-3-6-13(9-12)16(17,18)19/h2-9,15,20-21H,10H2,1H3. The molecule has 0 aliphatic rings. The minimum Gasteiger partial charge on any atom is -0.387 e. The molecule has 0 radical (unpaired) electrons. The number of aliphatic hydroxyl groups excluding tert-OH is 1. The van der Waals surface area contributed by atoms with E-state index in [1.807, 2.05) is 0 Å². The van der Waals surface area contributed by atoms with E-state index in [9.17, 15) is 26.7 Å². The third-order valence-electron chi connectivity index (χ3n) is 3.37. The van der Waals surface area contributed by atoms with Crippen molar-refractivity contribution in [2.75, 3.05) is 6.54 Å². The highest BCUT2D eigenvalue weighted by molar-refractivity contribution is 7.89. The van der Waals surface area contributed by atoms with Crippen LogP contribution in [0.3, 0.4) is 0 Å². The number of hydrogen-bond donors (Lipinski definition) is 2. The van der Waals surface area contributed by atoms with Crippen LogP contribution in [0.4, 0.5) is 13.2 Å². The number of benzene rings is 2. The Balaban J connectivity index is 2.12. The van der Waals surface area contributed by atoms with Gasteiger partial charge in [0.15, 0.2) is 0 Å². The number of halogens is 3. The van der Waals surface area contributed by atoms with Crippen molar-refractivity contribution in [2.24, 2.45) is 0 Å². The predicted molar refractivity (Wildman–Crippen MR) is 82.8 cm³/mol. The fraction of sp³-hybridized carbons (Fsp3) is 0.250. The molecule has 0 amide bonds. The van der Waals surface area contributed by atoms with Gasteiger partial charge in [0.1, 0.15) is 0 Å². The van der Waals surface area contributed by atoms with E-state index >= 15 is 0 Å². The molecule has 0 aromatic heterocycles. The number of nitrogens with one attached hydrogen (secondary N) is 1. The lowest BCUT2D eigenvalue weighted by molar-refractivity contribution is -0.137. The summed E-state index contributed by atoms with van der Waals surface area (Å²) >= 11 is 0. The van der Waals surface area contributed by atoms with Gasteiger partial charge in [-0.25, -0.2) is 13.1 Å². The first kappa shape index (κ1) is 18.4. The number of aliphatic hydroxyl groups is 1. The van der Waals surface area contributed by atoms with Crippen LogP contribution in [0, 0.1) is 6.92 Å². The number of rotatable bonds is 5. The van der Waals surface area contributed by atoms with Crippen LogP contribution in [0.25, 0.3) is 0 Å². The van der Waals surface area contributed by atoms with E-state index in [0.29, 0.717) is 0 Å². The van der Waals surface area contributed by atoms with Gasteiger partial charge in [-0.2, -0.15) is 13.2 Å². The van der Waals surface area contributed by atoms with Crippen molar-refractivity contribution in [3.05, 3.63) is 65.2 Å². The van der Waals surface area contributed by atoms with Crippen molar-refractivity contribution in [3.8, 4) is 0 Å². The van der Waals surface area contributed by atoms with Gasteiger partial charge in [-0.05, 0) is 42.3 Å². The summed E-state index contributed by atoms with van der Waals surface area (Å²) in [5, 5.41) is 9.98. The Bertz CT molecular complexity index is 819. The van der Waals surface area contributed by atoms with Gasteiger partial charge in [0, 0.05) is 6.54 Å². The molecule has 24 heavy (non-hydrogen) atoms. The second-order valence-electron chi connectivity index (χ2n) is 5.31. The highest BCUT2D eigenvalue weighted by Crippen LogP contribution is 2.30. The van der Waals surface area contributed by atoms with Crippen LogP contribution in [-0.4, -0.2) is 20.1 Å². The molecule has 0 bridgehead atoms. The molecule has 0 aliphatic heterocycles. The summed E-state index contributed by atoms with van der Waals surface area (Å²) in [5.41, 5.74) is -0.173. The van der Waals surface area contributed by atoms with Crippen LogP contribution >= 0.6 is 0 Å². The first-order valence-corrected chi connectivity index (χ1v) is 8.49. The van der Waals surface area contributed by atoms with Gasteiger partial charge >= 0.3 is 6.18 Å². The van der Waals surface area contributed by atoms with Crippen LogP contribution in [-0.2, 0) is 16.2 Å². The van der Waals surface area contributed by atoms with Crippen LogP contribution in [0.5, 0.6) is 0 Å². The third kappa shape index (κ3) is 4.56. The normalized spacial score (nSPS) is 13.7. The zero-order valence-electron chi connectivity index (χ0n) is 12.7. The van der Waals surface area contributed by atoms with Crippen molar-refractivity contribution in [1.82, 2.24) is 4.72 Å². The van der Waals surface area contributed by atoms with Crippen molar-refractivity contribution >= 4 is 10.0 Å². The van der Waals surface area contributed by atoms with Gasteiger partial charge in [0.05, 0.1) is 16.6 Å². The summed E-state index contributed by atoms with van der Waals surface area (Å²) in [4.78, 5) is 0.0266. The number of sulfonamides is 1. The van der Waals surface area contributed by atoms with Crippen LogP contribution in [0.2, 0.25) is 0 Å². The van der Waals surface area contributed by atoms with E-state index in [-0.39, 0.29) is 10.5 Å². The van der Waals surface area contributed by atoms with Gasteiger partial charge in [0.25, 0.3) is 0 Å². The molecule has 0 saturated carbocycles. The van der Waals surface area contributed by atoms with E-state index in [0.717, 1.165) is 23.8 Å². The van der Waals surface area contributed by atoms with E-state index in [2.05, 4.69) is 4.72 Å². The van der Waals surface area contributed by atoms with Crippen LogP contribution in [0.15, 0.2) is 53.4 Å². The molecule has 0 saturated heterocycles. The van der Waals surface area contributed by atoms with Crippen molar-refractivity contribution < 1.29 is 26.7 Å². The molecule has 0 spiro atoms. The molecule has 1 unspecified atom stereocenters. The molecule has 2 aromatic rings. The second kappa shape index (κ2) is 6.92. The Morgan fingerprint density at radius 2 is 1.79 bits per heavy atom. The van der Waals surface area contributed by atoms with Crippen LogP contribution < -0.4 is 4.72 Å². The highest BCUT2D eigenvalue weighted by Gasteiger charge is 2.31. The molecule has 0 aliphatic carbocycles. The lowest BCUT2D eigenvalue weighted by atomic mass is 10.1. The molecule has 2 aromatic carbocycles. The number of aryl methyl sites for hydroxylation is 1. The maximum atomic E-state index is 12.7. The summed E-state index contributed by atoms with van der Waals surface area (Å²) in [6.45, 7) is 1.30. The topological polar surface area (TPSA) is 66.4 Å². The first-order valence-electron chi connectivity index (χ1n) is 7.01. The molecule has 8 heteroatoms. The maximum Gasteiger partial charge on any atom is 0.416 e. The molecule has 2 rings (SSSR count). The lowest BCUT2D eigenvalue weighted by Gasteiger charge is -2.15. The van der Waals surface area contributed by atoms with E-state index < -0.39 is 34.4 Å². The monoisotopic (exact) mass is 359 g/mol. The minimum atomic E-state index is -4.53. The van der Waals surface area contributed by atoms with Crippen LogP contribution in [0.1, 0.15) is 22.8 Å². The molecule has 0 fully saturated rings. The molecule has 1 atom stereocenters. The zero-order chi connectivity index (χ0) is 18.0. The second-order valence-corrected chi connectivity index (χ2v) is 7.07. The SMILES string of the molecule is Cc1cccc(S(=O)(=O)NCC(O)c2cccc(C(F)(F)F)c2)c1. The van der Waals surface area contributed by atoms with Crippen molar-refractivity contribution in [2.45, 2.75) is 24.1 Å². The fourth-order valence-corrected chi connectivity index (χ4v) is 3.24. The number of hydrogen-bond acceptors (Lipinski definition) is 3. The summed E-state index contributed by atoms with van der Waals surface area (Å²) in [6.07, 6.45) is -5.93. The maximum absolute atomic E-state index is 12.7. The molecule has 0 heterocycles. The Morgan fingerprint density at radius 3 is 2.42 bits per heavy atom.